The lowest BCUT2D eigenvalue weighted by Gasteiger charge is -2.00. The minimum absolute atomic E-state index is 0.190. The van der Waals surface area contributed by atoms with E-state index in [0.717, 1.165) is 6.07 Å². The Labute approximate surface area is 90.5 Å². The fraction of sp³-hybridized carbons (Fsp3) is 0.300. The molecule has 2 aromatic rings. The second kappa shape index (κ2) is 3.77. The number of fused-ring (bicyclic) bond motifs is 1. The molecule has 0 saturated heterocycles. The van der Waals surface area contributed by atoms with Crippen molar-refractivity contribution in [2.75, 3.05) is 5.88 Å². The zero-order chi connectivity index (χ0) is 11.0. The van der Waals surface area contributed by atoms with Gasteiger partial charge in [-0.3, -0.25) is 0 Å². The largest absolute Gasteiger partial charge is 0.329 e. The third kappa shape index (κ3) is 1.59. The molecule has 0 bridgehead atoms. The molecule has 1 aromatic heterocycles. The summed E-state index contributed by atoms with van der Waals surface area (Å²) in [6.07, 6.45) is 0.536. The van der Waals surface area contributed by atoms with E-state index < -0.39 is 11.6 Å². The van der Waals surface area contributed by atoms with Gasteiger partial charge in [0.25, 0.3) is 0 Å². The summed E-state index contributed by atoms with van der Waals surface area (Å²) in [5.41, 5.74) is 0.645. The van der Waals surface area contributed by atoms with Gasteiger partial charge < -0.3 is 4.57 Å². The lowest BCUT2D eigenvalue weighted by Crippen LogP contribution is -2.00. The average Bonchev–Trinajstić information content (AvgIpc) is 2.52. The van der Waals surface area contributed by atoms with Crippen LogP contribution in [0.2, 0.25) is 0 Å². The number of alkyl halides is 1. The summed E-state index contributed by atoms with van der Waals surface area (Å²) in [6.45, 7) is 0. The summed E-state index contributed by atoms with van der Waals surface area (Å²) in [6, 6.07) is 2.54. The molecule has 2 nitrogen and oxygen atoms in total. The van der Waals surface area contributed by atoms with Crippen molar-refractivity contribution in [2.24, 2.45) is 7.05 Å². The highest BCUT2D eigenvalue weighted by Gasteiger charge is 2.14. The van der Waals surface area contributed by atoms with Crippen LogP contribution in [0.4, 0.5) is 8.78 Å². The van der Waals surface area contributed by atoms with Crippen molar-refractivity contribution in [3.8, 4) is 0 Å². The maximum absolute atomic E-state index is 13.4. The van der Waals surface area contributed by atoms with Crippen LogP contribution in [0.3, 0.4) is 0 Å². The van der Waals surface area contributed by atoms with Crippen molar-refractivity contribution in [3.05, 3.63) is 29.6 Å². The van der Waals surface area contributed by atoms with Gasteiger partial charge in [-0.05, 0) is 12.1 Å². The Morgan fingerprint density at radius 1 is 1.40 bits per heavy atom. The minimum Gasteiger partial charge on any atom is -0.329 e. The maximum Gasteiger partial charge on any atom is 0.184 e. The van der Waals surface area contributed by atoms with Gasteiger partial charge >= 0.3 is 0 Å². The van der Waals surface area contributed by atoms with Gasteiger partial charge in [0, 0.05) is 19.3 Å². The number of hydrogen-bond acceptors (Lipinski definition) is 1. The highest BCUT2D eigenvalue weighted by atomic mass is 35.5. The number of hydrogen-bond donors (Lipinski definition) is 0. The predicted octanol–water partition coefficient (Wildman–Crippen LogP) is 2.63. The molecule has 0 atom stereocenters. The molecule has 0 radical (unpaired) electrons. The van der Waals surface area contributed by atoms with Crippen LogP contribution in [0.15, 0.2) is 12.1 Å². The highest BCUT2D eigenvalue weighted by molar-refractivity contribution is 6.17. The van der Waals surface area contributed by atoms with Gasteiger partial charge in [0.15, 0.2) is 11.6 Å². The summed E-state index contributed by atoms with van der Waals surface area (Å²) in [5, 5.41) is 0. The first-order chi connectivity index (χ1) is 7.15. The summed E-state index contributed by atoms with van der Waals surface area (Å²) < 4.78 is 28.0. The summed E-state index contributed by atoms with van der Waals surface area (Å²) in [5.74, 6) is -0.655. The zero-order valence-electron chi connectivity index (χ0n) is 8.10. The number of aryl methyl sites for hydroxylation is 2. The molecule has 0 fully saturated rings. The Morgan fingerprint density at radius 3 is 2.80 bits per heavy atom. The van der Waals surface area contributed by atoms with E-state index in [1.807, 2.05) is 0 Å². The van der Waals surface area contributed by atoms with Crippen LogP contribution >= 0.6 is 11.6 Å². The fourth-order valence-corrected chi connectivity index (χ4v) is 1.76. The smallest absolute Gasteiger partial charge is 0.184 e. The predicted molar refractivity (Wildman–Crippen MR) is 55.1 cm³/mol. The Morgan fingerprint density at radius 2 is 2.13 bits per heavy atom. The first kappa shape index (κ1) is 10.4. The van der Waals surface area contributed by atoms with E-state index in [0.29, 0.717) is 23.6 Å². The summed E-state index contributed by atoms with van der Waals surface area (Å²) in [7, 11) is 1.65. The Kier molecular flexibility index (Phi) is 2.61. The molecule has 2 rings (SSSR count). The Bertz CT molecular complexity index is 508. The van der Waals surface area contributed by atoms with E-state index in [1.54, 1.807) is 7.05 Å². The topological polar surface area (TPSA) is 17.8 Å². The highest BCUT2D eigenvalue weighted by Crippen LogP contribution is 2.21. The fourth-order valence-electron chi connectivity index (χ4n) is 1.59. The van der Waals surface area contributed by atoms with E-state index in [4.69, 9.17) is 11.6 Å². The number of nitrogens with zero attached hydrogens (tertiary/aromatic N) is 2. The first-order valence-corrected chi connectivity index (χ1v) is 5.04. The van der Waals surface area contributed by atoms with Crippen molar-refractivity contribution in [2.45, 2.75) is 6.42 Å². The van der Waals surface area contributed by atoms with Gasteiger partial charge in [-0.1, -0.05) is 0 Å². The van der Waals surface area contributed by atoms with Crippen molar-refractivity contribution >= 4 is 22.6 Å². The first-order valence-electron chi connectivity index (χ1n) is 4.50. The van der Waals surface area contributed by atoms with Crippen LogP contribution in [-0.2, 0) is 13.5 Å². The summed E-state index contributed by atoms with van der Waals surface area (Å²) >= 11 is 5.59. The third-order valence-electron chi connectivity index (χ3n) is 2.34. The van der Waals surface area contributed by atoms with Crippen molar-refractivity contribution in [1.29, 1.82) is 0 Å². The molecule has 0 aliphatic carbocycles. The molecule has 1 heterocycles. The van der Waals surface area contributed by atoms with E-state index in [1.165, 1.54) is 10.6 Å². The summed E-state index contributed by atoms with van der Waals surface area (Å²) in [4.78, 5) is 4.18. The van der Waals surface area contributed by atoms with Crippen LogP contribution in [0.5, 0.6) is 0 Å². The molecule has 0 unspecified atom stereocenters. The number of benzene rings is 1. The number of aromatic nitrogens is 2. The second-order valence-corrected chi connectivity index (χ2v) is 3.63. The molecule has 0 saturated carbocycles. The molecule has 15 heavy (non-hydrogen) atoms. The molecule has 80 valence electrons. The normalized spacial score (nSPS) is 11.2. The lowest BCUT2D eigenvalue weighted by atomic mass is 10.3. The van der Waals surface area contributed by atoms with E-state index in [9.17, 15) is 8.78 Å². The average molecular weight is 231 g/mol. The van der Waals surface area contributed by atoms with Gasteiger partial charge in [0.2, 0.25) is 0 Å². The standard InChI is InChI=1S/C10H9ClF2N2/c1-15-8(4-5-11)14-7-3-2-6(12)9(13)10(7)15/h2-3H,4-5H2,1H3. The molecule has 0 spiro atoms. The van der Waals surface area contributed by atoms with Crippen LogP contribution in [0, 0.1) is 11.6 Å². The van der Waals surface area contributed by atoms with Crippen LogP contribution in [0.25, 0.3) is 11.0 Å². The van der Waals surface area contributed by atoms with E-state index in [-0.39, 0.29) is 5.52 Å². The van der Waals surface area contributed by atoms with Crippen molar-refractivity contribution in [1.82, 2.24) is 9.55 Å². The molecular formula is C10H9ClF2N2. The Hall–Kier alpha value is -1.16. The van der Waals surface area contributed by atoms with E-state index in [2.05, 4.69) is 4.98 Å². The molecule has 0 amide bonds. The second-order valence-electron chi connectivity index (χ2n) is 3.26. The maximum atomic E-state index is 13.4. The molecule has 0 aliphatic heterocycles. The van der Waals surface area contributed by atoms with Gasteiger partial charge in [0.05, 0.1) is 5.52 Å². The molecule has 0 N–H and O–H groups in total. The molecule has 0 aliphatic rings. The molecular weight excluding hydrogens is 222 g/mol. The van der Waals surface area contributed by atoms with Crippen LogP contribution < -0.4 is 0 Å². The molecule has 5 heteroatoms. The van der Waals surface area contributed by atoms with Gasteiger partial charge in [-0.25, -0.2) is 13.8 Å². The van der Waals surface area contributed by atoms with E-state index >= 15 is 0 Å². The van der Waals surface area contributed by atoms with Gasteiger partial charge in [-0.15, -0.1) is 11.6 Å². The van der Waals surface area contributed by atoms with Crippen molar-refractivity contribution in [3.63, 3.8) is 0 Å². The third-order valence-corrected chi connectivity index (χ3v) is 2.53. The zero-order valence-corrected chi connectivity index (χ0v) is 8.85. The number of imidazole rings is 1. The minimum atomic E-state index is -0.858. The van der Waals surface area contributed by atoms with Gasteiger partial charge in [0.1, 0.15) is 11.3 Å². The lowest BCUT2D eigenvalue weighted by molar-refractivity contribution is 0.513. The number of halogens is 3. The van der Waals surface area contributed by atoms with Crippen molar-refractivity contribution < 1.29 is 8.78 Å². The SMILES string of the molecule is Cn1c(CCCl)nc2ccc(F)c(F)c21. The monoisotopic (exact) mass is 230 g/mol. The number of rotatable bonds is 2. The van der Waals surface area contributed by atoms with Crippen LogP contribution in [-0.4, -0.2) is 15.4 Å². The Balaban J connectivity index is 2.72. The molecule has 1 aromatic carbocycles. The quantitative estimate of drug-likeness (QED) is 0.726. The van der Waals surface area contributed by atoms with Crippen LogP contribution in [0.1, 0.15) is 5.82 Å². The van der Waals surface area contributed by atoms with Gasteiger partial charge in [-0.2, -0.15) is 0 Å².